The summed E-state index contributed by atoms with van der Waals surface area (Å²) in [6, 6.07) is 0. The summed E-state index contributed by atoms with van der Waals surface area (Å²) in [7, 11) is 0. The average molecular weight is 329 g/mol. The number of nitrogens with zero attached hydrogens (tertiary/aromatic N) is 3. The molecule has 23 heavy (non-hydrogen) atoms. The molecular formula is C16H31N3O4. The Morgan fingerprint density at radius 3 is 2.09 bits per heavy atom. The zero-order chi connectivity index (χ0) is 16.9. The number of ether oxygens (including phenoxy) is 2. The molecule has 1 N–H and O–H groups in total. The van der Waals surface area contributed by atoms with E-state index in [4.69, 9.17) is 9.47 Å². The van der Waals surface area contributed by atoms with Gasteiger partial charge in [-0.15, -0.1) is 0 Å². The highest BCUT2D eigenvalue weighted by Crippen LogP contribution is 2.12. The van der Waals surface area contributed by atoms with Crippen molar-refractivity contribution in [2.45, 2.75) is 32.5 Å². The third kappa shape index (κ3) is 6.63. The van der Waals surface area contributed by atoms with E-state index in [2.05, 4.69) is 9.80 Å². The number of piperazine rings is 1. The molecule has 2 saturated heterocycles. The molecule has 2 rings (SSSR count). The van der Waals surface area contributed by atoms with Crippen LogP contribution in [0.5, 0.6) is 0 Å². The van der Waals surface area contributed by atoms with Gasteiger partial charge in [0.05, 0.1) is 19.3 Å². The zero-order valence-electron chi connectivity index (χ0n) is 14.7. The van der Waals surface area contributed by atoms with E-state index in [-0.39, 0.29) is 12.2 Å². The number of aliphatic hydroxyl groups excluding tert-OH is 1. The standard InChI is InChI=1S/C16H31N3O4/c1-16(2,3)23-15(21)19-6-4-17(5-7-19)12-14(20)13-18-8-10-22-11-9-18/h14,20H,4-13H2,1-3H3/t14-/m0/s1. The largest absolute Gasteiger partial charge is 0.444 e. The first-order chi connectivity index (χ1) is 10.8. The van der Waals surface area contributed by atoms with Crippen molar-refractivity contribution < 1.29 is 19.4 Å². The smallest absolute Gasteiger partial charge is 0.410 e. The second kappa shape index (κ2) is 8.28. The van der Waals surface area contributed by atoms with Gasteiger partial charge in [-0.25, -0.2) is 4.79 Å². The van der Waals surface area contributed by atoms with Crippen LogP contribution in [0.1, 0.15) is 20.8 Å². The Bertz CT molecular complexity index is 372. The number of hydrogen-bond donors (Lipinski definition) is 1. The van der Waals surface area contributed by atoms with Crippen LogP contribution in [0.15, 0.2) is 0 Å². The highest BCUT2D eigenvalue weighted by Gasteiger charge is 2.27. The molecule has 1 atom stereocenters. The maximum Gasteiger partial charge on any atom is 0.410 e. The maximum absolute atomic E-state index is 12.0. The Labute approximate surface area is 139 Å². The topological polar surface area (TPSA) is 65.5 Å². The number of hydrogen-bond acceptors (Lipinski definition) is 6. The van der Waals surface area contributed by atoms with Crippen LogP contribution in [-0.2, 0) is 9.47 Å². The fraction of sp³-hybridized carbons (Fsp3) is 0.938. The van der Waals surface area contributed by atoms with Gasteiger partial charge in [0.2, 0.25) is 0 Å². The molecule has 0 aromatic carbocycles. The van der Waals surface area contributed by atoms with Crippen molar-refractivity contribution >= 4 is 6.09 Å². The predicted molar refractivity (Wildman–Crippen MR) is 87.5 cm³/mol. The fourth-order valence-corrected chi connectivity index (χ4v) is 2.88. The van der Waals surface area contributed by atoms with Crippen LogP contribution >= 0.6 is 0 Å². The summed E-state index contributed by atoms with van der Waals surface area (Å²) < 4.78 is 10.7. The summed E-state index contributed by atoms with van der Waals surface area (Å²) >= 11 is 0. The first kappa shape index (κ1) is 18.4. The van der Waals surface area contributed by atoms with Gasteiger partial charge in [-0.1, -0.05) is 0 Å². The highest BCUT2D eigenvalue weighted by molar-refractivity contribution is 5.68. The number of morpholine rings is 1. The fourth-order valence-electron chi connectivity index (χ4n) is 2.88. The Morgan fingerprint density at radius 2 is 1.57 bits per heavy atom. The van der Waals surface area contributed by atoms with Crippen molar-refractivity contribution in [2.24, 2.45) is 0 Å². The molecule has 134 valence electrons. The van der Waals surface area contributed by atoms with Gasteiger partial charge in [0.15, 0.2) is 0 Å². The Morgan fingerprint density at radius 1 is 1.04 bits per heavy atom. The van der Waals surface area contributed by atoms with Crippen molar-refractivity contribution in [3.63, 3.8) is 0 Å². The van der Waals surface area contributed by atoms with E-state index >= 15 is 0 Å². The number of rotatable bonds is 4. The van der Waals surface area contributed by atoms with Crippen molar-refractivity contribution in [1.29, 1.82) is 0 Å². The molecule has 2 heterocycles. The average Bonchev–Trinajstić information content (AvgIpc) is 2.47. The minimum atomic E-state index is -0.456. The number of amides is 1. The number of carbonyl (C=O) groups is 1. The van der Waals surface area contributed by atoms with Crippen molar-refractivity contribution in [2.75, 3.05) is 65.6 Å². The maximum atomic E-state index is 12.0. The van der Waals surface area contributed by atoms with Gasteiger partial charge < -0.3 is 19.5 Å². The number of carbonyl (C=O) groups excluding carboxylic acids is 1. The minimum absolute atomic E-state index is 0.244. The highest BCUT2D eigenvalue weighted by atomic mass is 16.6. The lowest BCUT2D eigenvalue weighted by Gasteiger charge is -2.37. The number of β-amino-alcohol motifs (C(OH)–C–C–N with tert-alkyl or cyclic N) is 1. The van der Waals surface area contributed by atoms with E-state index in [0.717, 1.165) is 39.4 Å². The predicted octanol–water partition coefficient (Wildman–Crippen LogP) is 0.232. The normalized spacial score (nSPS) is 22.9. The van der Waals surface area contributed by atoms with Crippen LogP contribution in [0.25, 0.3) is 0 Å². The molecule has 0 unspecified atom stereocenters. The minimum Gasteiger partial charge on any atom is -0.444 e. The summed E-state index contributed by atoms with van der Waals surface area (Å²) in [4.78, 5) is 18.2. The molecule has 1 amide bonds. The lowest BCUT2D eigenvalue weighted by molar-refractivity contribution is -0.00380. The number of aliphatic hydroxyl groups is 1. The molecule has 0 radical (unpaired) electrons. The van der Waals surface area contributed by atoms with Crippen LogP contribution in [0.3, 0.4) is 0 Å². The molecule has 0 aromatic rings. The molecule has 0 aliphatic carbocycles. The molecule has 7 heteroatoms. The van der Waals surface area contributed by atoms with Crippen LogP contribution in [-0.4, -0.2) is 103 Å². The molecule has 2 aliphatic rings. The molecule has 0 spiro atoms. The third-order valence-electron chi connectivity index (χ3n) is 4.07. The van der Waals surface area contributed by atoms with Gasteiger partial charge in [-0.05, 0) is 20.8 Å². The molecule has 2 fully saturated rings. The molecule has 0 saturated carbocycles. The zero-order valence-corrected chi connectivity index (χ0v) is 14.7. The quantitative estimate of drug-likeness (QED) is 0.797. The van der Waals surface area contributed by atoms with Crippen molar-refractivity contribution in [1.82, 2.24) is 14.7 Å². The summed E-state index contributed by atoms with van der Waals surface area (Å²) in [5, 5.41) is 10.3. The van der Waals surface area contributed by atoms with Gasteiger partial charge in [-0.2, -0.15) is 0 Å². The Hall–Kier alpha value is -0.890. The Kier molecular flexibility index (Phi) is 6.64. The molecule has 0 aromatic heterocycles. The third-order valence-corrected chi connectivity index (χ3v) is 4.07. The van der Waals surface area contributed by atoms with Crippen molar-refractivity contribution in [3.05, 3.63) is 0 Å². The Balaban J connectivity index is 1.66. The second-order valence-electron chi connectivity index (χ2n) is 7.33. The van der Waals surface area contributed by atoms with Gasteiger partial charge in [0, 0.05) is 52.4 Å². The monoisotopic (exact) mass is 329 g/mol. The van der Waals surface area contributed by atoms with Gasteiger partial charge in [0.1, 0.15) is 5.60 Å². The van der Waals surface area contributed by atoms with Gasteiger partial charge in [0.25, 0.3) is 0 Å². The summed E-state index contributed by atoms with van der Waals surface area (Å²) in [5.74, 6) is 0. The lowest BCUT2D eigenvalue weighted by Crippen LogP contribution is -2.52. The van der Waals surface area contributed by atoms with E-state index in [1.807, 2.05) is 20.8 Å². The van der Waals surface area contributed by atoms with E-state index in [0.29, 0.717) is 26.2 Å². The summed E-state index contributed by atoms with van der Waals surface area (Å²) in [6.07, 6.45) is -0.604. The van der Waals surface area contributed by atoms with E-state index in [9.17, 15) is 9.90 Å². The van der Waals surface area contributed by atoms with E-state index in [1.54, 1.807) is 4.90 Å². The van der Waals surface area contributed by atoms with Crippen molar-refractivity contribution in [3.8, 4) is 0 Å². The van der Waals surface area contributed by atoms with Crippen LogP contribution < -0.4 is 0 Å². The van der Waals surface area contributed by atoms with E-state index in [1.165, 1.54) is 0 Å². The first-order valence-electron chi connectivity index (χ1n) is 8.52. The van der Waals surface area contributed by atoms with Gasteiger partial charge in [-0.3, -0.25) is 9.80 Å². The van der Waals surface area contributed by atoms with Crippen LogP contribution in [0.2, 0.25) is 0 Å². The molecular weight excluding hydrogens is 298 g/mol. The van der Waals surface area contributed by atoms with Crippen LogP contribution in [0.4, 0.5) is 4.79 Å². The second-order valence-corrected chi connectivity index (χ2v) is 7.33. The van der Waals surface area contributed by atoms with Gasteiger partial charge >= 0.3 is 6.09 Å². The van der Waals surface area contributed by atoms with Crippen LogP contribution in [0, 0.1) is 0 Å². The lowest BCUT2D eigenvalue weighted by atomic mass is 10.2. The molecule has 2 aliphatic heterocycles. The van der Waals surface area contributed by atoms with E-state index < -0.39 is 5.60 Å². The molecule has 7 nitrogen and oxygen atoms in total. The first-order valence-corrected chi connectivity index (χ1v) is 8.52. The summed E-state index contributed by atoms with van der Waals surface area (Å²) in [6.45, 7) is 13.1. The summed E-state index contributed by atoms with van der Waals surface area (Å²) in [5.41, 5.74) is -0.456. The SMILES string of the molecule is CC(C)(C)OC(=O)N1CCN(C[C@H](O)CN2CCOCC2)CC1. The molecule has 0 bridgehead atoms.